The summed E-state index contributed by atoms with van der Waals surface area (Å²) in [5.74, 6) is -2.58. The molecule has 0 saturated carbocycles. The third-order valence-corrected chi connectivity index (χ3v) is 7.44. The summed E-state index contributed by atoms with van der Waals surface area (Å²) >= 11 is 0. The van der Waals surface area contributed by atoms with Crippen LogP contribution in [0.4, 0.5) is 4.39 Å². The number of hydrogen-bond acceptors (Lipinski definition) is 11. The minimum atomic E-state index is -5.82. The summed E-state index contributed by atoms with van der Waals surface area (Å²) in [4.78, 5) is 60.3. The first-order chi connectivity index (χ1) is 14.0. The Morgan fingerprint density at radius 1 is 1.19 bits per heavy atom. The van der Waals surface area contributed by atoms with E-state index in [9.17, 15) is 37.7 Å². The van der Waals surface area contributed by atoms with Gasteiger partial charge in [-0.25, -0.2) is 22.9 Å². The van der Waals surface area contributed by atoms with Gasteiger partial charge in [-0.05, 0) is 0 Å². The highest BCUT2D eigenvalue weighted by Gasteiger charge is 2.58. The molecule has 1 fully saturated rings. The molecule has 0 aliphatic carbocycles. The van der Waals surface area contributed by atoms with Crippen molar-refractivity contribution in [3.63, 3.8) is 0 Å². The standard InChI is InChI=1S/C10H16FN2O15P3/c1-24-10(4-25-30(20,21)28-31(22,23)27-29(17,18)19)7(15)6(11)8(26-10)13-3-2-5(14)12-9(13)16/h2-3,6-8,15H,4H2,1H3,(H,20,21)(H,22,23)(H,12,14,16)(H2,17,18,19)/t6-,7+,8-,10-/m1/s1. The number of aliphatic hydroxyl groups is 1. The van der Waals surface area contributed by atoms with Crippen molar-refractivity contribution in [2.24, 2.45) is 0 Å². The molecule has 6 atom stereocenters. The summed E-state index contributed by atoms with van der Waals surface area (Å²) in [7, 11) is -16.3. The Balaban J connectivity index is 2.21. The maximum Gasteiger partial charge on any atom is 0.490 e. The summed E-state index contributed by atoms with van der Waals surface area (Å²) in [6, 6.07) is 0.836. The zero-order valence-corrected chi connectivity index (χ0v) is 17.8. The number of methoxy groups -OCH3 is 1. The SMILES string of the molecule is CO[C@]1(COP(=O)(O)OP(=O)(O)OP(=O)(O)O)O[C@@H](n2ccc(=O)[nH]c2=O)[C@H](F)[C@@H]1O. The van der Waals surface area contributed by atoms with Crippen LogP contribution in [0.2, 0.25) is 0 Å². The normalized spacial score (nSPS) is 30.6. The second kappa shape index (κ2) is 9.03. The van der Waals surface area contributed by atoms with Crippen molar-refractivity contribution in [3.8, 4) is 0 Å². The fourth-order valence-corrected chi connectivity index (χ4v) is 5.44. The van der Waals surface area contributed by atoms with Crippen molar-refractivity contribution in [1.82, 2.24) is 9.55 Å². The summed E-state index contributed by atoms with van der Waals surface area (Å²) in [5, 5.41) is 10.1. The third kappa shape index (κ3) is 6.46. The predicted molar refractivity (Wildman–Crippen MR) is 91.9 cm³/mol. The van der Waals surface area contributed by atoms with Crippen LogP contribution >= 0.6 is 23.5 Å². The molecule has 178 valence electrons. The molecule has 31 heavy (non-hydrogen) atoms. The van der Waals surface area contributed by atoms with Crippen molar-refractivity contribution in [3.05, 3.63) is 33.1 Å². The number of ether oxygens (including phenoxy) is 2. The van der Waals surface area contributed by atoms with E-state index in [-0.39, 0.29) is 0 Å². The number of aromatic amines is 1. The molecule has 0 amide bonds. The largest absolute Gasteiger partial charge is 0.490 e. The maximum absolute atomic E-state index is 14.6. The van der Waals surface area contributed by atoms with Crippen molar-refractivity contribution >= 4 is 23.5 Å². The van der Waals surface area contributed by atoms with Crippen molar-refractivity contribution in [2.45, 2.75) is 24.3 Å². The molecule has 1 aromatic rings. The number of hydrogen-bond donors (Lipinski definition) is 6. The first-order valence-electron chi connectivity index (χ1n) is 7.66. The number of H-pyrrole nitrogens is 1. The van der Waals surface area contributed by atoms with Crippen molar-refractivity contribution in [2.75, 3.05) is 13.7 Å². The van der Waals surface area contributed by atoms with Gasteiger partial charge in [0.15, 0.2) is 12.4 Å². The highest BCUT2D eigenvalue weighted by Crippen LogP contribution is 2.66. The molecular weight excluding hydrogens is 500 g/mol. The van der Waals surface area contributed by atoms with Gasteiger partial charge in [0.1, 0.15) is 12.7 Å². The minimum absolute atomic E-state index is 0.529. The van der Waals surface area contributed by atoms with Crippen LogP contribution in [0.15, 0.2) is 21.9 Å². The van der Waals surface area contributed by atoms with Crippen LogP contribution in [0.3, 0.4) is 0 Å². The van der Waals surface area contributed by atoms with E-state index in [0.717, 1.165) is 19.4 Å². The summed E-state index contributed by atoms with van der Waals surface area (Å²) in [6.07, 6.45) is -5.76. The van der Waals surface area contributed by atoms with Gasteiger partial charge in [-0.2, -0.15) is 8.62 Å². The average molecular weight is 516 g/mol. The highest BCUT2D eigenvalue weighted by molar-refractivity contribution is 7.66. The number of nitrogens with one attached hydrogen (secondary N) is 1. The van der Waals surface area contributed by atoms with Crippen LogP contribution in [0, 0.1) is 0 Å². The predicted octanol–water partition coefficient (Wildman–Crippen LogP) is -1.55. The van der Waals surface area contributed by atoms with E-state index in [1.54, 1.807) is 0 Å². The van der Waals surface area contributed by atoms with Crippen molar-refractivity contribution < 1.29 is 65.4 Å². The van der Waals surface area contributed by atoms with E-state index < -0.39 is 65.6 Å². The number of phosphoric acid groups is 3. The summed E-state index contributed by atoms with van der Waals surface area (Å²) in [5.41, 5.74) is -1.95. The van der Waals surface area contributed by atoms with Gasteiger partial charge in [-0.3, -0.25) is 18.9 Å². The Hall–Kier alpha value is -1.10. The molecule has 2 heterocycles. The number of aromatic nitrogens is 2. The molecule has 2 unspecified atom stereocenters. The van der Waals surface area contributed by atoms with Gasteiger partial charge in [-0.15, -0.1) is 0 Å². The van der Waals surface area contributed by atoms with Crippen LogP contribution in [-0.4, -0.2) is 66.0 Å². The fourth-order valence-electron chi connectivity index (χ4n) is 2.40. The van der Waals surface area contributed by atoms with Crippen LogP contribution < -0.4 is 11.2 Å². The number of rotatable bonds is 9. The lowest BCUT2D eigenvalue weighted by molar-refractivity contribution is -0.267. The van der Waals surface area contributed by atoms with Gasteiger partial charge in [0.05, 0.1) is 0 Å². The van der Waals surface area contributed by atoms with Crippen LogP contribution in [-0.2, 0) is 36.3 Å². The molecule has 21 heteroatoms. The molecule has 0 aromatic carbocycles. The van der Waals surface area contributed by atoms with Crippen LogP contribution in [0.5, 0.6) is 0 Å². The molecule has 1 aliphatic heterocycles. The molecule has 0 bridgehead atoms. The molecule has 17 nitrogen and oxygen atoms in total. The number of phosphoric ester groups is 1. The van der Waals surface area contributed by atoms with E-state index in [0.29, 0.717) is 4.57 Å². The second-order valence-electron chi connectivity index (χ2n) is 5.80. The minimum Gasteiger partial charge on any atom is -0.384 e. The van der Waals surface area contributed by atoms with Gasteiger partial charge < -0.3 is 34.2 Å². The topological polar surface area (TPSA) is 253 Å². The quantitative estimate of drug-likeness (QED) is 0.203. The van der Waals surface area contributed by atoms with E-state index in [2.05, 4.69) is 13.1 Å². The molecule has 1 aliphatic rings. The summed E-state index contributed by atoms with van der Waals surface area (Å²) < 4.78 is 70.1. The maximum atomic E-state index is 14.6. The molecule has 0 spiro atoms. The number of nitrogens with zero attached hydrogens (tertiary/aromatic N) is 1. The van der Waals surface area contributed by atoms with Gasteiger partial charge >= 0.3 is 29.2 Å². The zero-order chi connectivity index (χ0) is 23.8. The van der Waals surface area contributed by atoms with E-state index in [4.69, 9.17) is 24.2 Å². The number of alkyl halides is 1. The van der Waals surface area contributed by atoms with Gasteiger partial charge in [0.25, 0.3) is 5.56 Å². The Morgan fingerprint density at radius 2 is 1.81 bits per heavy atom. The molecular formula is C10H16FN2O15P3. The Bertz CT molecular complexity index is 1070. The fraction of sp³-hybridized carbons (Fsp3) is 0.600. The van der Waals surface area contributed by atoms with Gasteiger partial charge in [-0.1, -0.05) is 0 Å². The van der Waals surface area contributed by atoms with Crippen molar-refractivity contribution in [1.29, 1.82) is 0 Å². The Kier molecular flexibility index (Phi) is 7.62. The molecule has 1 aromatic heterocycles. The molecule has 0 radical (unpaired) electrons. The first-order valence-corrected chi connectivity index (χ1v) is 12.2. The van der Waals surface area contributed by atoms with Crippen LogP contribution in [0.1, 0.15) is 6.23 Å². The molecule has 6 N–H and O–H groups in total. The second-order valence-corrected chi connectivity index (χ2v) is 10.2. The smallest absolute Gasteiger partial charge is 0.384 e. The van der Waals surface area contributed by atoms with Crippen LogP contribution in [0.25, 0.3) is 0 Å². The number of halogens is 1. The third-order valence-electron chi connectivity index (χ3n) is 3.66. The van der Waals surface area contributed by atoms with E-state index in [1.807, 2.05) is 4.98 Å². The van der Waals surface area contributed by atoms with E-state index in [1.165, 1.54) is 0 Å². The lowest BCUT2D eigenvalue weighted by atomic mass is 10.1. The first kappa shape index (κ1) is 26.2. The Morgan fingerprint density at radius 3 is 2.32 bits per heavy atom. The van der Waals surface area contributed by atoms with Gasteiger partial charge in [0.2, 0.25) is 5.79 Å². The molecule has 1 saturated heterocycles. The lowest BCUT2D eigenvalue weighted by Crippen LogP contribution is -2.47. The van der Waals surface area contributed by atoms with E-state index >= 15 is 0 Å². The highest BCUT2D eigenvalue weighted by atomic mass is 31.3. The molecule has 2 rings (SSSR count). The Labute approximate surface area is 170 Å². The van der Waals surface area contributed by atoms with Gasteiger partial charge in [0, 0.05) is 19.4 Å². The lowest BCUT2D eigenvalue weighted by Gasteiger charge is -2.30. The average Bonchev–Trinajstić information content (AvgIpc) is 2.82. The number of aliphatic hydroxyl groups excluding tert-OH is 1. The monoisotopic (exact) mass is 516 g/mol. The summed E-state index contributed by atoms with van der Waals surface area (Å²) in [6.45, 7) is -1.36. The zero-order valence-electron chi connectivity index (χ0n) is 15.1.